The van der Waals surface area contributed by atoms with Crippen molar-refractivity contribution in [2.75, 3.05) is 0 Å². The normalized spacial score (nSPS) is 14.1. The summed E-state index contributed by atoms with van der Waals surface area (Å²) in [5.74, 6) is 0.516. The zero-order valence-corrected chi connectivity index (χ0v) is 10.5. The predicted molar refractivity (Wildman–Crippen MR) is 66.7 cm³/mol. The van der Waals surface area contributed by atoms with Crippen LogP contribution in [0, 0.1) is 5.92 Å². The SMILES string of the molecule is CCC(C)[C@@H](N)c1ccc(O)c(Cl)c1.Cl. The summed E-state index contributed by atoms with van der Waals surface area (Å²) >= 11 is 5.80. The number of hydrogen-bond acceptors (Lipinski definition) is 2. The molecule has 0 bridgehead atoms. The van der Waals surface area contributed by atoms with Crippen molar-refractivity contribution >= 4 is 24.0 Å². The van der Waals surface area contributed by atoms with Gasteiger partial charge in [0.15, 0.2) is 0 Å². The highest BCUT2D eigenvalue weighted by molar-refractivity contribution is 6.32. The molecule has 15 heavy (non-hydrogen) atoms. The van der Waals surface area contributed by atoms with Gasteiger partial charge in [-0.2, -0.15) is 0 Å². The van der Waals surface area contributed by atoms with Crippen LogP contribution in [-0.2, 0) is 0 Å². The Balaban J connectivity index is 0.00000196. The highest BCUT2D eigenvalue weighted by atomic mass is 35.5. The van der Waals surface area contributed by atoms with E-state index in [9.17, 15) is 5.11 Å². The summed E-state index contributed by atoms with van der Waals surface area (Å²) in [6.07, 6.45) is 1.03. The van der Waals surface area contributed by atoms with Crippen LogP contribution in [0.1, 0.15) is 31.9 Å². The quantitative estimate of drug-likeness (QED) is 0.862. The fourth-order valence-electron chi connectivity index (χ4n) is 1.31. The van der Waals surface area contributed by atoms with Gasteiger partial charge in [0, 0.05) is 6.04 Å². The van der Waals surface area contributed by atoms with E-state index in [0.29, 0.717) is 10.9 Å². The molecule has 0 amide bonds. The average molecular weight is 250 g/mol. The monoisotopic (exact) mass is 249 g/mol. The summed E-state index contributed by atoms with van der Waals surface area (Å²) in [6, 6.07) is 5.11. The van der Waals surface area contributed by atoms with Gasteiger partial charge in [-0.05, 0) is 23.6 Å². The minimum atomic E-state index is -0.0156. The van der Waals surface area contributed by atoms with Gasteiger partial charge in [-0.25, -0.2) is 0 Å². The molecule has 0 aliphatic heterocycles. The smallest absolute Gasteiger partial charge is 0.134 e. The second-order valence-electron chi connectivity index (χ2n) is 3.62. The highest BCUT2D eigenvalue weighted by Crippen LogP contribution is 2.29. The molecular formula is C11H17Cl2NO. The van der Waals surface area contributed by atoms with Crippen LogP contribution in [0.25, 0.3) is 0 Å². The number of halogens is 2. The first-order valence-corrected chi connectivity index (χ1v) is 5.18. The number of benzene rings is 1. The van der Waals surface area contributed by atoms with Gasteiger partial charge in [-0.15, -0.1) is 12.4 Å². The molecule has 1 aromatic carbocycles. The molecule has 4 heteroatoms. The Morgan fingerprint density at radius 3 is 2.53 bits per heavy atom. The summed E-state index contributed by atoms with van der Waals surface area (Å²) in [7, 11) is 0. The zero-order chi connectivity index (χ0) is 10.7. The van der Waals surface area contributed by atoms with Crippen molar-refractivity contribution in [3.63, 3.8) is 0 Å². The fraction of sp³-hybridized carbons (Fsp3) is 0.455. The molecule has 0 saturated heterocycles. The number of phenolic OH excluding ortho intramolecular Hbond substituents is 1. The van der Waals surface area contributed by atoms with Crippen molar-refractivity contribution in [1.29, 1.82) is 0 Å². The Kier molecular flexibility index (Phi) is 6.03. The molecule has 0 aliphatic rings. The number of aromatic hydroxyl groups is 1. The summed E-state index contributed by atoms with van der Waals surface area (Å²) < 4.78 is 0. The molecule has 3 N–H and O–H groups in total. The maximum atomic E-state index is 9.25. The lowest BCUT2D eigenvalue weighted by atomic mass is 9.93. The number of hydrogen-bond donors (Lipinski definition) is 2. The van der Waals surface area contributed by atoms with Gasteiger partial charge in [0.2, 0.25) is 0 Å². The Bertz CT molecular complexity index is 317. The van der Waals surface area contributed by atoms with E-state index in [4.69, 9.17) is 17.3 Å². The van der Waals surface area contributed by atoms with E-state index in [2.05, 4.69) is 13.8 Å². The van der Waals surface area contributed by atoms with Gasteiger partial charge >= 0.3 is 0 Å². The van der Waals surface area contributed by atoms with Crippen LogP contribution in [0.3, 0.4) is 0 Å². The average Bonchev–Trinajstić information content (AvgIpc) is 2.20. The maximum absolute atomic E-state index is 9.25. The minimum Gasteiger partial charge on any atom is -0.506 e. The van der Waals surface area contributed by atoms with Crippen molar-refractivity contribution in [1.82, 2.24) is 0 Å². The van der Waals surface area contributed by atoms with Crippen molar-refractivity contribution in [3.05, 3.63) is 28.8 Å². The van der Waals surface area contributed by atoms with Crippen LogP contribution in [0.5, 0.6) is 5.75 Å². The third kappa shape index (κ3) is 3.56. The standard InChI is InChI=1S/C11H16ClNO.ClH/c1-3-7(2)11(13)8-4-5-10(14)9(12)6-8;/h4-7,11,14H,3,13H2,1-2H3;1H/t7?,11-;/m1./s1. The molecule has 1 unspecified atom stereocenters. The molecule has 0 spiro atoms. The molecule has 0 radical (unpaired) electrons. The molecule has 1 aromatic rings. The molecule has 2 atom stereocenters. The van der Waals surface area contributed by atoms with Crippen molar-refractivity contribution in [2.45, 2.75) is 26.3 Å². The summed E-state index contributed by atoms with van der Waals surface area (Å²) in [5.41, 5.74) is 7.00. The van der Waals surface area contributed by atoms with E-state index in [1.165, 1.54) is 0 Å². The second-order valence-corrected chi connectivity index (χ2v) is 4.03. The highest BCUT2D eigenvalue weighted by Gasteiger charge is 2.13. The first-order valence-electron chi connectivity index (χ1n) is 4.80. The van der Waals surface area contributed by atoms with Crippen LogP contribution >= 0.6 is 24.0 Å². The topological polar surface area (TPSA) is 46.2 Å². The molecule has 0 fully saturated rings. The van der Waals surface area contributed by atoms with Crippen LogP contribution in [0.2, 0.25) is 5.02 Å². The van der Waals surface area contributed by atoms with Gasteiger partial charge < -0.3 is 10.8 Å². The third-order valence-corrected chi connectivity index (χ3v) is 2.92. The van der Waals surface area contributed by atoms with Crippen molar-refractivity contribution in [2.24, 2.45) is 11.7 Å². The third-order valence-electron chi connectivity index (χ3n) is 2.61. The number of nitrogens with two attached hydrogens (primary N) is 1. The van der Waals surface area contributed by atoms with Gasteiger partial charge in [0.25, 0.3) is 0 Å². The first kappa shape index (κ1) is 14.6. The lowest BCUT2D eigenvalue weighted by Gasteiger charge is -2.18. The second kappa shape index (κ2) is 6.21. The van der Waals surface area contributed by atoms with E-state index in [0.717, 1.165) is 12.0 Å². The Morgan fingerprint density at radius 1 is 1.47 bits per heavy atom. The lowest BCUT2D eigenvalue weighted by Crippen LogP contribution is -2.18. The minimum absolute atomic E-state index is 0. The maximum Gasteiger partial charge on any atom is 0.134 e. The molecule has 0 aromatic heterocycles. The van der Waals surface area contributed by atoms with E-state index in [-0.39, 0.29) is 24.2 Å². The number of phenols is 1. The van der Waals surface area contributed by atoms with E-state index in [1.807, 2.05) is 6.07 Å². The Morgan fingerprint density at radius 2 is 2.07 bits per heavy atom. The Labute approximate surface area is 102 Å². The molecular weight excluding hydrogens is 233 g/mol. The van der Waals surface area contributed by atoms with Gasteiger partial charge in [0.1, 0.15) is 5.75 Å². The first-order chi connectivity index (χ1) is 6.56. The molecule has 0 saturated carbocycles. The number of rotatable bonds is 3. The van der Waals surface area contributed by atoms with Crippen LogP contribution in [-0.4, -0.2) is 5.11 Å². The molecule has 86 valence electrons. The Hall–Kier alpha value is -0.440. The van der Waals surface area contributed by atoms with Gasteiger partial charge in [-0.3, -0.25) is 0 Å². The van der Waals surface area contributed by atoms with Crippen molar-refractivity contribution < 1.29 is 5.11 Å². The molecule has 0 heterocycles. The summed E-state index contributed by atoms with van der Waals surface area (Å²) in [6.45, 7) is 4.21. The van der Waals surface area contributed by atoms with E-state index in [1.54, 1.807) is 12.1 Å². The lowest BCUT2D eigenvalue weighted by molar-refractivity contribution is 0.453. The molecule has 1 rings (SSSR count). The van der Waals surface area contributed by atoms with E-state index >= 15 is 0 Å². The molecule has 0 aliphatic carbocycles. The fourth-order valence-corrected chi connectivity index (χ4v) is 1.50. The van der Waals surface area contributed by atoms with Crippen LogP contribution in [0.4, 0.5) is 0 Å². The van der Waals surface area contributed by atoms with Crippen molar-refractivity contribution in [3.8, 4) is 5.75 Å². The predicted octanol–water partition coefficient (Wildman–Crippen LogP) is 3.51. The zero-order valence-electron chi connectivity index (χ0n) is 8.90. The van der Waals surface area contributed by atoms with Gasteiger partial charge in [0.05, 0.1) is 5.02 Å². The summed E-state index contributed by atoms with van der Waals surface area (Å²) in [4.78, 5) is 0. The molecule has 2 nitrogen and oxygen atoms in total. The summed E-state index contributed by atoms with van der Waals surface area (Å²) in [5, 5.41) is 9.61. The van der Waals surface area contributed by atoms with Crippen LogP contribution in [0.15, 0.2) is 18.2 Å². The van der Waals surface area contributed by atoms with Gasteiger partial charge in [-0.1, -0.05) is 37.9 Å². The van der Waals surface area contributed by atoms with E-state index < -0.39 is 0 Å². The largest absolute Gasteiger partial charge is 0.506 e. The van der Waals surface area contributed by atoms with Crippen LogP contribution < -0.4 is 5.73 Å².